The van der Waals surface area contributed by atoms with Gasteiger partial charge >= 0.3 is 0 Å². The van der Waals surface area contributed by atoms with E-state index in [9.17, 15) is 0 Å². The van der Waals surface area contributed by atoms with E-state index in [0.29, 0.717) is 13.2 Å². The maximum absolute atomic E-state index is 6.39. The fourth-order valence-electron chi connectivity index (χ4n) is 3.10. The molecule has 0 aromatic heterocycles. The largest absolute Gasteiger partial charge is 0.474 e. The van der Waals surface area contributed by atoms with Crippen molar-refractivity contribution in [3.05, 3.63) is 42.0 Å². The fraction of sp³-hybridized carbons (Fsp3) is 0.474. The van der Waals surface area contributed by atoms with Gasteiger partial charge in [-0.2, -0.15) is 0 Å². The van der Waals surface area contributed by atoms with Crippen molar-refractivity contribution in [2.45, 2.75) is 39.5 Å². The first-order valence-electron chi connectivity index (χ1n) is 8.28. The Bertz CT molecular complexity index is 620. The molecule has 1 saturated heterocycles. The summed E-state index contributed by atoms with van der Waals surface area (Å²) in [6, 6.07) is 12.7. The SMILES string of the molecule is CCOCc1ccc2ccccc2c1OC(C)N1CCCC1. The van der Waals surface area contributed by atoms with Crippen LogP contribution in [0.1, 0.15) is 32.3 Å². The molecule has 1 unspecified atom stereocenters. The van der Waals surface area contributed by atoms with Gasteiger partial charge in [-0.1, -0.05) is 36.4 Å². The molecule has 1 fully saturated rings. The Morgan fingerprint density at radius 2 is 1.86 bits per heavy atom. The van der Waals surface area contributed by atoms with E-state index in [2.05, 4.69) is 48.2 Å². The van der Waals surface area contributed by atoms with Crippen molar-refractivity contribution in [1.82, 2.24) is 4.90 Å². The lowest BCUT2D eigenvalue weighted by Crippen LogP contribution is -2.35. The average molecular weight is 299 g/mol. The zero-order chi connectivity index (χ0) is 15.4. The van der Waals surface area contributed by atoms with Gasteiger partial charge in [-0.15, -0.1) is 0 Å². The molecule has 3 rings (SSSR count). The Labute approximate surface area is 132 Å². The van der Waals surface area contributed by atoms with Crippen molar-refractivity contribution in [2.24, 2.45) is 0 Å². The molecule has 2 aromatic carbocycles. The first-order chi connectivity index (χ1) is 10.8. The first-order valence-corrected chi connectivity index (χ1v) is 8.28. The molecule has 0 spiro atoms. The van der Waals surface area contributed by atoms with Gasteiger partial charge < -0.3 is 9.47 Å². The van der Waals surface area contributed by atoms with Gasteiger partial charge in [0.15, 0.2) is 0 Å². The van der Waals surface area contributed by atoms with Crippen molar-refractivity contribution in [3.8, 4) is 5.75 Å². The second kappa shape index (κ2) is 7.12. The number of likely N-dealkylation sites (tertiary alicyclic amines) is 1. The van der Waals surface area contributed by atoms with Gasteiger partial charge in [0.1, 0.15) is 12.0 Å². The minimum Gasteiger partial charge on any atom is -0.474 e. The van der Waals surface area contributed by atoms with Crippen LogP contribution in [0.15, 0.2) is 36.4 Å². The van der Waals surface area contributed by atoms with Gasteiger partial charge in [-0.05, 0) is 32.1 Å². The van der Waals surface area contributed by atoms with Crippen LogP contribution in [0.3, 0.4) is 0 Å². The summed E-state index contributed by atoms with van der Waals surface area (Å²) in [7, 11) is 0. The van der Waals surface area contributed by atoms with E-state index in [0.717, 1.165) is 24.4 Å². The summed E-state index contributed by atoms with van der Waals surface area (Å²) in [5.41, 5.74) is 1.13. The number of hydrogen-bond donors (Lipinski definition) is 0. The van der Waals surface area contributed by atoms with Crippen LogP contribution >= 0.6 is 0 Å². The molecule has 0 N–H and O–H groups in total. The van der Waals surface area contributed by atoms with Gasteiger partial charge in [-0.25, -0.2) is 0 Å². The molecule has 3 nitrogen and oxygen atoms in total. The normalized spacial score (nSPS) is 17.0. The molecule has 1 aliphatic rings. The first kappa shape index (κ1) is 15.3. The predicted molar refractivity (Wildman–Crippen MR) is 90.2 cm³/mol. The van der Waals surface area contributed by atoms with Gasteiger partial charge in [-0.3, -0.25) is 4.90 Å². The van der Waals surface area contributed by atoms with Gasteiger partial charge in [0.25, 0.3) is 0 Å². The summed E-state index contributed by atoms with van der Waals surface area (Å²) in [6.45, 7) is 7.75. The molecule has 22 heavy (non-hydrogen) atoms. The Morgan fingerprint density at radius 3 is 2.64 bits per heavy atom. The Hall–Kier alpha value is -1.58. The fourth-order valence-corrected chi connectivity index (χ4v) is 3.10. The van der Waals surface area contributed by atoms with E-state index in [1.165, 1.54) is 23.6 Å². The van der Waals surface area contributed by atoms with Crippen molar-refractivity contribution in [2.75, 3.05) is 19.7 Å². The molecular formula is C19H25NO2. The Morgan fingerprint density at radius 1 is 1.09 bits per heavy atom. The van der Waals surface area contributed by atoms with Crippen LogP contribution in [0, 0.1) is 0 Å². The maximum Gasteiger partial charge on any atom is 0.149 e. The van der Waals surface area contributed by atoms with Crippen molar-refractivity contribution >= 4 is 10.8 Å². The molecule has 1 atom stereocenters. The highest BCUT2D eigenvalue weighted by Gasteiger charge is 2.21. The lowest BCUT2D eigenvalue weighted by molar-refractivity contribution is 0.0565. The molecule has 0 saturated carbocycles. The molecule has 2 aromatic rings. The second-order valence-corrected chi connectivity index (χ2v) is 5.87. The Kier molecular flexibility index (Phi) is 4.96. The van der Waals surface area contributed by atoms with Crippen LogP contribution < -0.4 is 4.74 Å². The highest BCUT2D eigenvalue weighted by Crippen LogP contribution is 2.32. The summed E-state index contributed by atoms with van der Waals surface area (Å²) in [6.07, 6.45) is 2.65. The minimum absolute atomic E-state index is 0.105. The molecule has 1 aliphatic heterocycles. The van der Waals surface area contributed by atoms with Crippen LogP contribution in [0.25, 0.3) is 10.8 Å². The van der Waals surface area contributed by atoms with Crippen LogP contribution in [-0.2, 0) is 11.3 Å². The standard InChI is InChI=1S/C19H25NO2/c1-3-21-14-17-11-10-16-8-4-5-9-18(16)19(17)22-15(2)20-12-6-7-13-20/h4-5,8-11,15H,3,6-7,12-14H2,1-2H3. The average Bonchev–Trinajstić information content (AvgIpc) is 3.08. The summed E-state index contributed by atoms with van der Waals surface area (Å²) in [5.74, 6) is 0.978. The predicted octanol–water partition coefficient (Wildman–Crippen LogP) is 4.20. The molecular weight excluding hydrogens is 274 g/mol. The minimum atomic E-state index is 0.105. The van der Waals surface area contributed by atoms with Crippen LogP contribution in [-0.4, -0.2) is 30.8 Å². The third-order valence-electron chi connectivity index (χ3n) is 4.37. The number of ether oxygens (including phenoxy) is 2. The maximum atomic E-state index is 6.39. The van der Waals surface area contributed by atoms with Crippen molar-refractivity contribution < 1.29 is 9.47 Å². The van der Waals surface area contributed by atoms with Crippen LogP contribution in [0.5, 0.6) is 5.75 Å². The van der Waals surface area contributed by atoms with Crippen LogP contribution in [0.4, 0.5) is 0 Å². The highest BCUT2D eigenvalue weighted by atomic mass is 16.5. The molecule has 0 bridgehead atoms. The number of nitrogens with zero attached hydrogens (tertiary/aromatic N) is 1. The number of rotatable bonds is 6. The quantitative estimate of drug-likeness (QED) is 0.798. The lowest BCUT2D eigenvalue weighted by atomic mass is 10.1. The summed E-state index contributed by atoms with van der Waals surface area (Å²) in [5, 5.41) is 2.39. The molecule has 118 valence electrons. The smallest absolute Gasteiger partial charge is 0.149 e. The molecule has 0 aliphatic carbocycles. The van der Waals surface area contributed by atoms with E-state index in [1.54, 1.807) is 0 Å². The monoisotopic (exact) mass is 299 g/mol. The van der Waals surface area contributed by atoms with Gasteiger partial charge in [0.2, 0.25) is 0 Å². The summed E-state index contributed by atoms with van der Waals surface area (Å²) in [4.78, 5) is 2.41. The topological polar surface area (TPSA) is 21.7 Å². The van der Waals surface area contributed by atoms with E-state index in [1.807, 2.05) is 6.92 Å². The number of hydrogen-bond acceptors (Lipinski definition) is 3. The van der Waals surface area contributed by atoms with E-state index in [4.69, 9.17) is 9.47 Å². The third-order valence-corrected chi connectivity index (χ3v) is 4.37. The van der Waals surface area contributed by atoms with Crippen molar-refractivity contribution in [1.29, 1.82) is 0 Å². The van der Waals surface area contributed by atoms with Crippen molar-refractivity contribution in [3.63, 3.8) is 0 Å². The highest BCUT2D eigenvalue weighted by molar-refractivity contribution is 5.89. The lowest BCUT2D eigenvalue weighted by Gasteiger charge is -2.26. The van der Waals surface area contributed by atoms with Crippen LogP contribution in [0.2, 0.25) is 0 Å². The third kappa shape index (κ3) is 3.26. The summed E-state index contributed by atoms with van der Waals surface area (Å²) >= 11 is 0. The van der Waals surface area contributed by atoms with Gasteiger partial charge in [0.05, 0.1) is 6.61 Å². The molecule has 0 amide bonds. The zero-order valence-corrected chi connectivity index (χ0v) is 13.5. The second-order valence-electron chi connectivity index (χ2n) is 5.87. The Balaban J connectivity index is 1.92. The van der Waals surface area contributed by atoms with E-state index in [-0.39, 0.29) is 6.23 Å². The van der Waals surface area contributed by atoms with E-state index < -0.39 is 0 Å². The molecule has 0 radical (unpaired) electrons. The summed E-state index contributed by atoms with van der Waals surface area (Å²) < 4.78 is 12.0. The molecule has 3 heteroatoms. The number of benzene rings is 2. The molecule has 1 heterocycles. The van der Waals surface area contributed by atoms with E-state index >= 15 is 0 Å². The number of fused-ring (bicyclic) bond motifs is 1. The zero-order valence-electron chi connectivity index (χ0n) is 13.5. The van der Waals surface area contributed by atoms with Gasteiger partial charge in [0, 0.05) is 30.6 Å².